The largest absolute Gasteiger partial charge is 0.369 e. The van der Waals surface area contributed by atoms with E-state index in [1.807, 2.05) is 30.3 Å². The molecule has 120 valence electrons. The Bertz CT molecular complexity index is 733. The minimum Gasteiger partial charge on any atom is -0.369 e. The van der Waals surface area contributed by atoms with Crippen molar-refractivity contribution in [3.63, 3.8) is 0 Å². The number of benzene rings is 3. The summed E-state index contributed by atoms with van der Waals surface area (Å²) in [6.07, 6.45) is 5.26. The highest BCUT2D eigenvalue weighted by Gasteiger charge is 2.10. The molecule has 0 saturated heterocycles. The normalized spacial score (nSPS) is 12.3. The smallest absolute Gasteiger partial charge is 0.0864 e. The van der Waals surface area contributed by atoms with Gasteiger partial charge in [-0.2, -0.15) is 0 Å². The van der Waals surface area contributed by atoms with Crippen LogP contribution in [0, 0.1) is 0 Å². The van der Waals surface area contributed by atoms with Crippen LogP contribution in [0.4, 0.5) is 0 Å². The van der Waals surface area contributed by atoms with Gasteiger partial charge in [-0.25, -0.2) is 0 Å². The Balaban J connectivity index is 1.67. The molecular weight excluding hydrogens is 292 g/mol. The van der Waals surface area contributed by atoms with E-state index in [0.29, 0.717) is 6.61 Å². The molecule has 3 rings (SSSR count). The van der Waals surface area contributed by atoms with Gasteiger partial charge in [0.15, 0.2) is 0 Å². The lowest BCUT2D eigenvalue weighted by Gasteiger charge is -2.17. The minimum absolute atomic E-state index is 0.0615. The molecule has 1 atom stereocenters. The Hall–Kier alpha value is -2.64. The van der Waals surface area contributed by atoms with E-state index in [4.69, 9.17) is 4.74 Å². The van der Waals surface area contributed by atoms with Gasteiger partial charge in [0.2, 0.25) is 0 Å². The number of hydrogen-bond donors (Lipinski definition) is 0. The molecule has 0 saturated carbocycles. The Morgan fingerprint density at radius 3 is 1.96 bits per heavy atom. The van der Waals surface area contributed by atoms with Crippen molar-refractivity contribution in [2.45, 2.75) is 19.1 Å². The summed E-state index contributed by atoms with van der Waals surface area (Å²) in [4.78, 5) is 0. The Morgan fingerprint density at radius 2 is 1.29 bits per heavy atom. The van der Waals surface area contributed by atoms with Crippen LogP contribution in [-0.2, 0) is 11.3 Å². The summed E-state index contributed by atoms with van der Waals surface area (Å²) < 4.78 is 6.20. The minimum atomic E-state index is 0.0615. The SMILES string of the molecule is C(=C\c1ccccc1)/C[C@H](OCc1ccccc1)c1ccccc1. The second-order valence-corrected chi connectivity index (χ2v) is 5.74. The lowest BCUT2D eigenvalue weighted by molar-refractivity contribution is 0.0418. The zero-order chi connectivity index (χ0) is 16.5. The molecule has 0 amide bonds. The maximum Gasteiger partial charge on any atom is 0.0864 e. The van der Waals surface area contributed by atoms with E-state index in [9.17, 15) is 0 Å². The van der Waals surface area contributed by atoms with E-state index in [-0.39, 0.29) is 6.10 Å². The molecule has 0 radical (unpaired) electrons. The van der Waals surface area contributed by atoms with Crippen molar-refractivity contribution in [2.75, 3.05) is 0 Å². The third-order valence-electron chi connectivity index (χ3n) is 3.93. The van der Waals surface area contributed by atoms with Gasteiger partial charge < -0.3 is 4.74 Å². The summed E-state index contributed by atoms with van der Waals surface area (Å²) in [5, 5.41) is 0. The van der Waals surface area contributed by atoms with Crippen LogP contribution in [0.5, 0.6) is 0 Å². The Morgan fingerprint density at radius 1 is 0.708 bits per heavy atom. The molecule has 0 aliphatic heterocycles. The zero-order valence-corrected chi connectivity index (χ0v) is 13.7. The topological polar surface area (TPSA) is 9.23 Å². The predicted octanol–water partition coefficient (Wildman–Crippen LogP) is 6.05. The molecule has 0 aliphatic carbocycles. The fourth-order valence-electron chi connectivity index (χ4n) is 2.63. The van der Waals surface area contributed by atoms with Crippen molar-refractivity contribution in [2.24, 2.45) is 0 Å². The van der Waals surface area contributed by atoms with Gasteiger partial charge in [0.1, 0.15) is 0 Å². The van der Waals surface area contributed by atoms with Crippen LogP contribution in [0.1, 0.15) is 29.2 Å². The molecule has 0 N–H and O–H groups in total. The third kappa shape index (κ3) is 4.94. The standard InChI is InChI=1S/C23H22O/c1-4-11-20(12-5-1)15-10-18-23(22-16-8-3-9-17-22)24-19-21-13-6-2-7-14-21/h1-17,23H,18-19H2/b15-10+/t23-/m0/s1. The van der Waals surface area contributed by atoms with Crippen LogP contribution in [0.15, 0.2) is 97.1 Å². The van der Waals surface area contributed by atoms with Crippen LogP contribution in [-0.4, -0.2) is 0 Å². The Labute approximate surface area is 144 Å². The van der Waals surface area contributed by atoms with Gasteiger partial charge in [-0.3, -0.25) is 0 Å². The van der Waals surface area contributed by atoms with Crippen LogP contribution < -0.4 is 0 Å². The lowest BCUT2D eigenvalue weighted by Crippen LogP contribution is -2.03. The number of ether oxygens (including phenoxy) is 1. The average Bonchev–Trinajstić information content (AvgIpc) is 2.67. The van der Waals surface area contributed by atoms with E-state index in [1.165, 1.54) is 16.7 Å². The molecule has 0 aromatic heterocycles. The van der Waals surface area contributed by atoms with Gasteiger partial charge in [-0.05, 0) is 23.1 Å². The molecule has 0 bridgehead atoms. The summed E-state index contributed by atoms with van der Waals surface area (Å²) in [6, 6.07) is 31.1. The fourth-order valence-corrected chi connectivity index (χ4v) is 2.63. The first kappa shape index (κ1) is 16.2. The lowest BCUT2D eigenvalue weighted by atomic mass is 10.1. The second-order valence-electron chi connectivity index (χ2n) is 5.74. The monoisotopic (exact) mass is 314 g/mol. The fraction of sp³-hybridized carbons (Fsp3) is 0.130. The van der Waals surface area contributed by atoms with Crippen molar-refractivity contribution in [1.29, 1.82) is 0 Å². The highest BCUT2D eigenvalue weighted by molar-refractivity contribution is 5.48. The van der Waals surface area contributed by atoms with Crippen molar-refractivity contribution in [1.82, 2.24) is 0 Å². The molecular formula is C23H22O. The second kappa shape index (κ2) is 8.85. The predicted molar refractivity (Wildman–Crippen MR) is 101 cm³/mol. The van der Waals surface area contributed by atoms with Crippen LogP contribution >= 0.6 is 0 Å². The van der Waals surface area contributed by atoms with Gasteiger partial charge in [0, 0.05) is 0 Å². The van der Waals surface area contributed by atoms with Gasteiger partial charge >= 0.3 is 0 Å². The summed E-state index contributed by atoms with van der Waals surface area (Å²) in [5.74, 6) is 0. The highest BCUT2D eigenvalue weighted by atomic mass is 16.5. The summed E-state index contributed by atoms with van der Waals surface area (Å²) in [5.41, 5.74) is 3.63. The van der Waals surface area contributed by atoms with Crippen molar-refractivity contribution < 1.29 is 4.74 Å². The first-order valence-corrected chi connectivity index (χ1v) is 8.34. The maximum atomic E-state index is 6.20. The van der Waals surface area contributed by atoms with Crippen molar-refractivity contribution in [3.8, 4) is 0 Å². The van der Waals surface area contributed by atoms with Gasteiger partial charge in [-0.15, -0.1) is 0 Å². The van der Waals surface area contributed by atoms with Crippen LogP contribution in [0.25, 0.3) is 6.08 Å². The van der Waals surface area contributed by atoms with E-state index in [1.54, 1.807) is 0 Å². The highest BCUT2D eigenvalue weighted by Crippen LogP contribution is 2.23. The number of rotatable bonds is 7. The third-order valence-corrected chi connectivity index (χ3v) is 3.93. The quantitative estimate of drug-likeness (QED) is 0.516. The molecule has 1 nitrogen and oxygen atoms in total. The molecule has 0 spiro atoms. The van der Waals surface area contributed by atoms with E-state index >= 15 is 0 Å². The van der Waals surface area contributed by atoms with Gasteiger partial charge in [0.05, 0.1) is 12.7 Å². The molecule has 3 aromatic carbocycles. The first-order valence-electron chi connectivity index (χ1n) is 8.34. The van der Waals surface area contributed by atoms with Crippen LogP contribution in [0.2, 0.25) is 0 Å². The van der Waals surface area contributed by atoms with Crippen LogP contribution in [0.3, 0.4) is 0 Å². The average molecular weight is 314 g/mol. The molecule has 24 heavy (non-hydrogen) atoms. The molecule has 0 fully saturated rings. The summed E-state index contributed by atoms with van der Waals surface area (Å²) in [7, 11) is 0. The van der Waals surface area contributed by atoms with E-state index in [0.717, 1.165) is 6.42 Å². The van der Waals surface area contributed by atoms with Gasteiger partial charge in [-0.1, -0.05) is 103 Å². The van der Waals surface area contributed by atoms with Gasteiger partial charge in [0.25, 0.3) is 0 Å². The Kier molecular flexibility index (Phi) is 5.99. The molecule has 0 heterocycles. The molecule has 1 heteroatoms. The molecule has 0 aliphatic rings. The summed E-state index contributed by atoms with van der Waals surface area (Å²) >= 11 is 0. The summed E-state index contributed by atoms with van der Waals surface area (Å²) in [6.45, 7) is 0.625. The van der Waals surface area contributed by atoms with E-state index < -0.39 is 0 Å². The number of hydrogen-bond acceptors (Lipinski definition) is 1. The molecule has 0 unspecified atom stereocenters. The van der Waals surface area contributed by atoms with Crippen molar-refractivity contribution in [3.05, 3.63) is 114 Å². The first-order chi connectivity index (χ1) is 11.9. The van der Waals surface area contributed by atoms with E-state index in [2.05, 4.69) is 72.8 Å². The maximum absolute atomic E-state index is 6.20. The zero-order valence-electron chi connectivity index (χ0n) is 13.7. The molecule has 3 aromatic rings. The van der Waals surface area contributed by atoms with Crippen molar-refractivity contribution >= 4 is 6.08 Å².